The molecule has 0 aromatic carbocycles. The maximum absolute atomic E-state index is 12.8. The number of pyridine rings is 2. The standard InChI is InChI=1S/C19H27N5O3S/c1-4-23(5-2)28(25,26)24-11-12-27-18(14-24)17-9-8-16(13-21-17)22-19-15(3)7-6-10-20-19/h6-10,13,18H,4-5,11-12,14H2,1-3H3,(H,20,22)/t18-/m0/s1. The Labute approximate surface area is 166 Å². The lowest BCUT2D eigenvalue weighted by Crippen LogP contribution is -2.49. The van der Waals surface area contributed by atoms with Crippen LogP contribution in [0.3, 0.4) is 0 Å². The van der Waals surface area contributed by atoms with Gasteiger partial charge in [0.2, 0.25) is 0 Å². The predicted molar refractivity (Wildman–Crippen MR) is 109 cm³/mol. The highest BCUT2D eigenvalue weighted by Crippen LogP contribution is 2.25. The van der Waals surface area contributed by atoms with Gasteiger partial charge in [0.25, 0.3) is 10.2 Å². The van der Waals surface area contributed by atoms with E-state index in [1.807, 2.05) is 45.0 Å². The second-order valence-corrected chi connectivity index (χ2v) is 8.50. The Morgan fingerprint density at radius 2 is 2.04 bits per heavy atom. The van der Waals surface area contributed by atoms with Crippen LogP contribution in [0.15, 0.2) is 36.7 Å². The minimum Gasteiger partial charge on any atom is -0.369 e. The van der Waals surface area contributed by atoms with Crippen LogP contribution in [0, 0.1) is 6.92 Å². The number of rotatable bonds is 7. The number of hydrogen-bond acceptors (Lipinski definition) is 6. The summed E-state index contributed by atoms with van der Waals surface area (Å²) in [4.78, 5) is 8.79. The number of morpholine rings is 1. The van der Waals surface area contributed by atoms with E-state index in [4.69, 9.17) is 4.74 Å². The van der Waals surface area contributed by atoms with Gasteiger partial charge in [-0.2, -0.15) is 17.0 Å². The van der Waals surface area contributed by atoms with E-state index >= 15 is 0 Å². The van der Waals surface area contributed by atoms with Crippen molar-refractivity contribution in [1.82, 2.24) is 18.6 Å². The predicted octanol–water partition coefficient (Wildman–Crippen LogP) is 2.49. The fourth-order valence-electron chi connectivity index (χ4n) is 3.15. The summed E-state index contributed by atoms with van der Waals surface area (Å²) >= 11 is 0. The summed E-state index contributed by atoms with van der Waals surface area (Å²) in [5.74, 6) is 0.780. The third-order valence-electron chi connectivity index (χ3n) is 4.78. The van der Waals surface area contributed by atoms with Crippen molar-refractivity contribution in [3.63, 3.8) is 0 Å². The van der Waals surface area contributed by atoms with E-state index in [2.05, 4.69) is 15.3 Å². The van der Waals surface area contributed by atoms with Gasteiger partial charge in [0, 0.05) is 32.4 Å². The summed E-state index contributed by atoms with van der Waals surface area (Å²) in [7, 11) is -3.48. The lowest BCUT2D eigenvalue weighted by molar-refractivity contribution is -0.00657. The molecule has 0 unspecified atom stereocenters. The monoisotopic (exact) mass is 405 g/mol. The van der Waals surface area contributed by atoms with E-state index in [0.717, 1.165) is 17.1 Å². The molecule has 0 spiro atoms. The van der Waals surface area contributed by atoms with Gasteiger partial charge >= 0.3 is 0 Å². The Morgan fingerprint density at radius 3 is 2.68 bits per heavy atom. The highest BCUT2D eigenvalue weighted by atomic mass is 32.2. The molecular weight excluding hydrogens is 378 g/mol. The summed E-state index contributed by atoms with van der Waals surface area (Å²) in [6, 6.07) is 7.63. The summed E-state index contributed by atoms with van der Waals surface area (Å²) in [6.45, 7) is 7.54. The number of anilines is 2. The van der Waals surface area contributed by atoms with Crippen molar-refractivity contribution in [2.24, 2.45) is 0 Å². The number of aryl methyl sites for hydroxylation is 1. The zero-order chi connectivity index (χ0) is 20.1. The Morgan fingerprint density at radius 1 is 1.25 bits per heavy atom. The van der Waals surface area contributed by atoms with Crippen molar-refractivity contribution >= 4 is 21.7 Å². The number of nitrogens with one attached hydrogen (secondary N) is 1. The quantitative estimate of drug-likeness (QED) is 0.761. The molecule has 1 fully saturated rings. The SMILES string of the molecule is CCN(CC)S(=O)(=O)N1CCO[C@H](c2ccc(Nc3ncccc3C)cn2)C1. The van der Waals surface area contributed by atoms with Crippen molar-refractivity contribution in [2.45, 2.75) is 26.9 Å². The maximum atomic E-state index is 12.8. The van der Waals surface area contributed by atoms with E-state index in [9.17, 15) is 8.42 Å². The molecule has 0 saturated carbocycles. The average Bonchev–Trinajstić information content (AvgIpc) is 2.71. The van der Waals surface area contributed by atoms with Gasteiger partial charge in [0.05, 0.1) is 24.2 Å². The average molecular weight is 406 g/mol. The normalized spacial score (nSPS) is 18.4. The van der Waals surface area contributed by atoms with E-state index in [-0.39, 0.29) is 12.6 Å². The van der Waals surface area contributed by atoms with Crippen molar-refractivity contribution < 1.29 is 13.2 Å². The lowest BCUT2D eigenvalue weighted by atomic mass is 10.2. The van der Waals surface area contributed by atoms with Crippen LogP contribution >= 0.6 is 0 Å². The summed E-state index contributed by atoms with van der Waals surface area (Å²) < 4.78 is 34.3. The van der Waals surface area contributed by atoms with Crippen LogP contribution in [0.25, 0.3) is 0 Å². The van der Waals surface area contributed by atoms with Crippen molar-refractivity contribution in [1.29, 1.82) is 0 Å². The van der Waals surface area contributed by atoms with Crippen molar-refractivity contribution in [2.75, 3.05) is 38.1 Å². The number of aromatic nitrogens is 2. The molecule has 3 heterocycles. The van der Waals surface area contributed by atoms with Gasteiger partial charge in [-0.05, 0) is 30.7 Å². The molecule has 1 N–H and O–H groups in total. The fraction of sp³-hybridized carbons (Fsp3) is 0.474. The Balaban J connectivity index is 1.71. The number of hydrogen-bond donors (Lipinski definition) is 1. The van der Waals surface area contributed by atoms with E-state index < -0.39 is 10.2 Å². The molecule has 3 rings (SSSR count). The largest absolute Gasteiger partial charge is 0.369 e. The first-order valence-corrected chi connectivity index (χ1v) is 10.9. The van der Waals surface area contributed by atoms with Crippen LogP contribution in [-0.2, 0) is 14.9 Å². The molecule has 1 saturated heterocycles. The van der Waals surface area contributed by atoms with Gasteiger partial charge in [-0.1, -0.05) is 19.9 Å². The van der Waals surface area contributed by atoms with Crippen LogP contribution < -0.4 is 5.32 Å². The minimum atomic E-state index is -3.48. The smallest absolute Gasteiger partial charge is 0.282 e. The van der Waals surface area contributed by atoms with E-state index in [1.54, 1.807) is 12.4 Å². The third-order valence-corrected chi connectivity index (χ3v) is 6.93. The molecule has 1 aliphatic heterocycles. The second kappa shape index (κ2) is 8.95. The molecule has 8 nitrogen and oxygen atoms in total. The van der Waals surface area contributed by atoms with Crippen LogP contribution in [0.2, 0.25) is 0 Å². The van der Waals surface area contributed by atoms with E-state index in [1.165, 1.54) is 8.61 Å². The minimum absolute atomic E-state index is 0.262. The van der Waals surface area contributed by atoms with Gasteiger partial charge in [0.15, 0.2) is 0 Å². The lowest BCUT2D eigenvalue weighted by Gasteiger charge is -2.34. The maximum Gasteiger partial charge on any atom is 0.282 e. The Bertz CT molecular complexity index is 885. The van der Waals surface area contributed by atoms with Crippen molar-refractivity contribution in [3.8, 4) is 0 Å². The van der Waals surface area contributed by atoms with Gasteiger partial charge in [0.1, 0.15) is 11.9 Å². The molecule has 0 aliphatic carbocycles. The molecule has 2 aromatic rings. The molecule has 1 aliphatic rings. The molecule has 0 bridgehead atoms. The van der Waals surface area contributed by atoms with Gasteiger partial charge < -0.3 is 10.1 Å². The van der Waals surface area contributed by atoms with Crippen LogP contribution in [-0.4, -0.2) is 59.8 Å². The molecule has 152 valence electrons. The van der Waals surface area contributed by atoms with Crippen LogP contribution in [0.4, 0.5) is 11.5 Å². The third kappa shape index (κ3) is 4.49. The highest BCUT2D eigenvalue weighted by Gasteiger charge is 2.33. The van der Waals surface area contributed by atoms with Crippen LogP contribution in [0.1, 0.15) is 31.2 Å². The molecule has 2 aromatic heterocycles. The summed E-state index contributed by atoms with van der Waals surface area (Å²) in [5, 5.41) is 3.24. The second-order valence-electron chi connectivity index (χ2n) is 6.58. The highest BCUT2D eigenvalue weighted by molar-refractivity contribution is 7.86. The fourth-order valence-corrected chi connectivity index (χ4v) is 4.76. The van der Waals surface area contributed by atoms with Gasteiger partial charge in [-0.25, -0.2) is 4.98 Å². The summed E-state index contributed by atoms with van der Waals surface area (Å²) in [6.07, 6.45) is 3.06. The summed E-state index contributed by atoms with van der Waals surface area (Å²) in [5.41, 5.74) is 2.57. The molecular formula is C19H27N5O3S. The topological polar surface area (TPSA) is 87.7 Å². The molecule has 0 amide bonds. The number of ether oxygens (including phenoxy) is 1. The van der Waals surface area contributed by atoms with Gasteiger partial charge in [-0.15, -0.1) is 0 Å². The molecule has 1 atom stereocenters. The zero-order valence-corrected chi connectivity index (χ0v) is 17.3. The Kier molecular flexibility index (Phi) is 6.61. The van der Waals surface area contributed by atoms with Crippen molar-refractivity contribution in [3.05, 3.63) is 47.9 Å². The molecule has 0 radical (unpaired) electrons. The number of nitrogens with zero attached hydrogens (tertiary/aromatic N) is 4. The molecule has 9 heteroatoms. The first-order chi connectivity index (χ1) is 13.5. The molecule has 28 heavy (non-hydrogen) atoms. The Hall–Kier alpha value is -2.07. The van der Waals surface area contributed by atoms with E-state index in [0.29, 0.717) is 31.9 Å². The van der Waals surface area contributed by atoms with Gasteiger partial charge in [-0.3, -0.25) is 4.98 Å². The zero-order valence-electron chi connectivity index (χ0n) is 16.5. The van der Waals surface area contributed by atoms with Crippen LogP contribution in [0.5, 0.6) is 0 Å². The first kappa shape index (κ1) is 20.7. The first-order valence-electron chi connectivity index (χ1n) is 9.47.